The molecule has 1 atom stereocenters. The van der Waals surface area contributed by atoms with E-state index in [1.807, 2.05) is 0 Å². The van der Waals surface area contributed by atoms with Gasteiger partial charge in [-0.15, -0.1) is 0 Å². The van der Waals surface area contributed by atoms with Crippen molar-refractivity contribution in [3.8, 4) is 5.75 Å². The molecule has 0 aliphatic rings. The van der Waals surface area contributed by atoms with Crippen LogP contribution in [0.3, 0.4) is 0 Å². The number of aryl methyl sites for hydroxylation is 1. The van der Waals surface area contributed by atoms with E-state index in [9.17, 15) is 9.90 Å². The first kappa shape index (κ1) is 15.5. The third-order valence-electron chi connectivity index (χ3n) is 2.87. The first-order valence-electron chi connectivity index (χ1n) is 6.52. The molecule has 0 heterocycles. The molecular weight excluding hydrogens is 240 g/mol. The number of nitrogens with two attached hydrogens (primary N) is 1. The smallest absolute Gasteiger partial charge is 0.251 e. The van der Waals surface area contributed by atoms with Gasteiger partial charge in [-0.05, 0) is 36.5 Å². The molecule has 4 N–H and O–H groups in total. The molecule has 1 amide bonds. The average Bonchev–Trinajstić information content (AvgIpc) is 2.27. The number of hydrogen-bond donors (Lipinski definition) is 3. The van der Waals surface area contributed by atoms with Crippen molar-refractivity contribution in [1.82, 2.24) is 5.32 Å². The van der Waals surface area contributed by atoms with Crippen molar-refractivity contribution >= 4 is 5.91 Å². The Balaban J connectivity index is 2.53. The maximum atomic E-state index is 11.9. The lowest BCUT2D eigenvalue weighted by Crippen LogP contribution is -2.39. The Hall–Kier alpha value is -1.55. The number of carbonyl (C=O) groups is 1. The van der Waals surface area contributed by atoms with E-state index in [1.165, 1.54) is 6.07 Å². The highest BCUT2D eigenvalue weighted by Crippen LogP contribution is 2.20. The Labute approximate surface area is 115 Å². The standard InChI is InChI=1S/C15H24N2O2/c1-10-5-6-11(7-13(10)18)14(19)17-9-12(16)8-15(2,3)4/h5-7,12,18H,8-9,16H2,1-4H3,(H,17,19). The van der Waals surface area contributed by atoms with Crippen LogP contribution in [-0.2, 0) is 0 Å². The monoisotopic (exact) mass is 264 g/mol. The van der Waals surface area contributed by atoms with Crippen molar-refractivity contribution in [2.45, 2.75) is 40.2 Å². The second-order valence-corrected chi connectivity index (χ2v) is 6.24. The highest BCUT2D eigenvalue weighted by molar-refractivity contribution is 5.94. The minimum absolute atomic E-state index is 0.0667. The van der Waals surface area contributed by atoms with Crippen LogP contribution in [0.2, 0.25) is 0 Å². The minimum atomic E-state index is -0.209. The van der Waals surface area contributed by atoms with Gasteiger partial charge in [0.2, 0.25) is 0 Å². The average molecular weight is 264 g/mol. The number of phenolic OH excluding ortho intramolecular Hbond substituents is 1. The Bertz CT molecular complexity index is 450. The van der Waals surface area contributed by atoms with E-state index >= 15 is 0 Å². The summed E-state index contributed by atoms with van der Waals surface area (Å²) < 4.78 is 0. The number of nitrogens with one attached hydrogen (secondary N) is 1. The molecule has 0 aliphatic heterocycles. The van der Waals surface area contributed by atoms with Crippen molar-refractivity contribution in [2.24, 2.45) is 11.1 Å². The zero-order chi connectivity index (χ0) is 14.6. The largest absolute Gasteiger partial charge is 0.508 e. The number of rotatable bonds is 4. The molecule has 4 heteroatoms. The zero-order valence-corrected chi connectivity index (χ0v) is 12.2. The van der Waals surface area contributed by atoms with E-state index in [4.69, 9.17) is 5.73 Å². The van der Waals surface area contributed by atoms with Gasteiger partial charge in [0.25, 0.3) is 5.91 Å². The van der Waals surface area contributed by atoms with Crippen LogP contribution in [0.25, 0.3) is 0 Å². The predicted molar refractivity (Wildman–Crippen MR) is 77.2 cm³/mol. The van der Waals surface area contributed by atoms with E-state index in [0.717, 1.165) is 12.0 Å². The van der Waals surface area contributed by atoms with Gasteiger partial charge in [-0.3, -0.25) is 4.79 Å². The zero-order valence-electron chi connectivity index (χ0n) is 12.2. The van der Waals surface area contributed by atoms with Gasteiger partial charge in [-0.25, -0.2) is 0 Å². The summed E-state index contributed by atoms with van der Waals surface area (Å²) in [4.78, 5) is 11.9. The molecule has 0 aliphatic carbocycles. The van der Waals surface area contributed by atoms with Gasteiger partial charge >= 0.3 is 0 Å². The van der Waals surface area contributed by atoms with Crippen LogP contribution in [0.5, 0.6) is 5.75 Å². The lowest BCUT2D eigenvalue weighted by Gasteiger charge is -2.23. The Kier molecular flexibility index (Phi) is 4.95. The molecule has 1 rings (SSSR count). The van der Waals surface area contributed by atoms with Crippen molar-refractivity contribution < 1.29 is 9.90 Å². The van der Waals surface area contributed by atoms with Crippen molar-refractivity contribution in [3.05, 3.63) is 29.3 Å². The molecule has 1 aromatic carbocycles. The van der Waals surface area contributed by atoms with E-state index in [2.05, 4.69) is 26.1 Å². The highest BCUT2D eigenvalue weighted by Gasteiger charge is 2.16. The summed E-state index contributed by atoms with van der Waals surface area (Å²) >= 11 is 0. The van der Waals surface area contributed by atoms with Crippen LogP contribution < -0.4 is 11.1 Å². The summed E-state index contributed by atoms with van der Waals surface area (Å²) in [5.74, 6) is -0.0775. The first-order valence-corrected chi connectivity index (χ1v) is 6.52. The maximum absolute atomic E-state index is 11.9. The topological polar surface area (TPSA) is 75.4 Å². The molecule has 0 radical (unpaired) electrons. The third-order valence-corrected chi connectivity index (χ3v) is 2.87. The number of hydrogen-bond acceptors (Lipinski definition) is 3. The lowest BCUT2D eigenvalue weighted by atomic mass is 9.88. The second kappa shape index (κ2) is 6.06. The van der Waals surface area contributed by atoms with Crippen molar-refractivity contribution in [1.29, 1.82) is 0 Å². The van der Waals surface area contributed by atoms with Crippen molar-refractivity contribution in [2.75, 3.05) is 6.54 Å². The molecule has 0 aromatic heterocycles. The molecule has 4 nitrogen and oxygen atoms in total. The number of phenols is 1. The van der Waals surface area contributed by atoms with Crippen LogP contribution in [0.1, 0.15) is 43.1 Å². The van der Waals surface area contributed by atoms with Gasteiger partial charge in [0, 0.05) is 18.2 Å². The molecule has 106 valence electrons. The second-order valence-electron chi connectivity index (χ2n) is 6.24. The maximum Gasteiger partial charge on any atom is 0.251 e. The fourth-order valence-electron chi connectivity index (χ4n) is 1.94. The molecule has 19 heavy (non-hydrogen) atoms. The van der Waals surface area contributed by atoms with Crippen LogP contribution in [-0.4, -0.2) is 23.6 Å². The fourth-order valence-corrected chi connectivity index (χ4v) is 1.94. The van der Waals surface area contributed by atoms with Crippen LogP contribution in [0.15, 0.2) is 18.2 Å². The summed E-state index contributed by atoms with van der Waals surface area (Å²) in [7, 11) is 0. The van der Waals surface area contributed by atoms with Crippen LogP contribution in [0, 0.1) is 12.3 Å². The molecule has 1 unspecified atom stereocenters. The third kappa shape index (κ3) is 5.30. The van der Waals surface area contributed by atoms with E-state index in [-0.39, 0.29) is 23.1 Å². The van der Waals surface area contributed by atoms with Gasteiger partial charge in [-0.2, -0.15) is 0 Å². The molecule has 0 saturated carbocycles. The Morgan fingerprint density at radius 1 is 1.42 bits per heavy atom. The summed E-state index contributed by atoms with van der Waals surface area (Å²) in [6.45, 7) is 8.58. The van der Waals surface area contributed by atoms with Gasteiger partial charge in [-0.1, -0.05) is 26.8 Å². The summed E-state index contributed by atoms with van der Waals surface area (Å²) in [6, 6.07) is 4.82. The first-order chi connectivity index (χ1) is 8.69. The normalized spacial score (nSPS) is 13.1. The molecular formula is C15H24N2O2. The number of amides is 1. The molecule has 1 aromatic rings. The van der Waals surface area contributed by atoms with Gasteiger partial charge < -0.3 is 16.2 Å². The van der Waals surface area contributed by atoms with Crippen LogP contribution in [0.4, 0.5) is 0 Å². The molecule has 0 spiro atoms. The van der Waals surface area contributed by atoms with E-state index < -0.39 is 0 Å². The van der Waals surface area contributed by atoms with E-state index in [0.29, 0.717) is 12.1 Å². The predicted octanol–water partition coefficient (Wildman–Crippen LogP) is 2.19. The lowest BCUT2D eigenvalue weighted by molar-refractivity contribution is 0.0948. The summed E-state index contributed by atoms with van der Waals surface area (Å²) in [5, 5.41) is 12.4. The number of carbonyl (C=O) groups excluding carboxylic acids is 1. The fraction of sp³-hybridized carbons (Fsp3) is 0.533. The highest BCUT2D eigenvalue weighted by atomic mass is 16.3. The number of benzene rings is 1. The Morgan fingerprint density at radius 3 is 2.58 bits per heavy atom. The minimum Gasteiger partial charge on any atom is -0.508 e. The quantitative estimate of drug-likeness (QED) is 0.780. The van der Waals surface area contributed by atoms with E-state index in [1.54, 1.807) is 19.1 Å². The molecule has 0 saturated heterocycles. The van der Waals surface area contributed by atoms with Crippen molar-refractivity contribution in [3.63, 3.8) is 0 Å². The van der Waals surface area contributed by atoms with Gasteiger partial charge in [0.1, 0.15) is 5.75 Å². The van der Waals surface area contributed by atoms with Crippen LogP contribution >= 0.6 is 0 Å². The summed E-state index contributed by atoms with van der Waals surface area (Å²) in [6.07, 6.45) is 0.840. The SMILES string of the molecule is Cc1ccc(C(=O)NCC(N)CC(C)(C)C)cc1O. The molecule has 0 bridgehead atoms. The van der Waals surface area contributed by atoms with Gasteiger partial charge in [0.05, 0.1) is 0 Å². The Morgan fingerprint density at radius 2 is 2.05 bits per heavy atom. The summed E-state index contributed by atoms with van der Waals surface area (Å²) in [5.41, 5.74) is 7.32. The van der Waals surface area contributed by atoms with Gasteiger partial charge in [0.15, 0.2) is 0 Å². The number of aromatic hydroxyl groups is 1. The molecule has 0 fully saturated rings.